The molecule has 0 radical (unpaired) electrons. The number of rotatable bonds is 3. The van der Waals surface area contributed by atoms with E-state index >= 15 is 0 Å². The number of furan rings is 1. The van der Waals surface area contributed by atoms with Crippen molar-refractivity contribution in [1.29, 1.82) is 0 Å². The molecular weight excluding hydrogens is 266 g/mol. The Morgan fingerprint density at radius 2 is 2.14 bits per heavy atom. The first-order valence-electron chi connectivity index (χ1n) is 6.82. The number of hydrogen-bond acceptors (Lipinski definition) is 3. The Morgan fingerprint density at radius 1 is 1.33 bits per heavy atom. The predicted molar refractivity (Wildman–Crippen MR) is 81.3 cm³/mol. The van der Waals surface area contributed by atoms with Crippen LogP contribution in [0.1, 0.15) is 22.4 Å². The van der Waals surface area contributed by atoms with Crippen molar-refractivity contribution in [1.82, 2.24) is 10.2 Å². The van der Waals surface area contributed by atoms with Gasteiger partial charge in [-0.15, -0.1) is 0 Å². The molecule has 0 aliphatic rings. The molecule has 108 valence electrons. The standard InChI is InChI=1S/C16H17N3O2/c1-9-4-5-13-12(8-21-14(13)6-9)7-15(20)17-16-10(2)11(3)18-19-16/h4-6,8H,7H2,1-3H3,(H2,17,18,19,20). The van der Waals surface area contributed by atoms with Gasteiger partial charge in [0.15, 0.2) is 5.82 Å². The Balaban J connectivity index is 1.79. The molecule has 0 atom stereocenters. The van der Waals surface area contributed by atoms with Gasteiger partial charge in [-0.25, -0.2) is 0 Å². The lowest BCUT2D eigenvalue weighted by atomic mass is 10.1. The fourth-order valence-electron chi connectivity index (χ4n) is 2.28. The molecule has 0 aliphatic heterocycles. The zero-order chi connectivity index (χ0) is 15.0. The second-order valence-corrected chi connectivity index (χ2v) is 5.31. The van der Waals surface area contributed by atoms with E-state index in [0.29, 0.717) is 5.82 Å². The van der Waals surface area contributed by atoms with Crippen LogP contribution in [0.15, 0.2) is 28.9 Å². The molecule has 3 aromatic rings. The number of fused-ring (bicyclic) bond motifs is 1. The van der Waals surface area contributed by atoms with Gasteiger partial charge >= 0.3 is 0 Å². The molecule has 1 aromatic carbocycles. The number of hydrogen-bond donors (Lipinski definition) is 2. The first kappa shape index (κ1) is 13.4. The summed E-state index contributed by atoms with van der Waals surface area (Å²) in [5, 5.41) is 10.7. The zero-order valence-corrected chi connectivity index (χ0v) is 12.3. The summed E-state index contributed by atoms with van der Waals surface area (Å²) in [6, 6.07) is 5.97. The molecule has 0 unspecified atom stereocenters. The van der Waals surface area contributed by atoms with Gasteiger partial charge in [-0.2, -0.15) is 5.10 Å². The minimum atomic E-state index is -0.104. The molecule has 21 heavy (non-hydrogen) atoms. The summed E-state index contributed by atoms with van der Waals surface area (Å²) in [4.78, 5) is 12.1. The van der Waals surface area contributed by atoms with Gasteiger partial charge in [0.1, 0.15) is 5.58 Å². The number of H-pyrrole nitrogens is 1. The van der Waals surface area contributed by atoms with Gasteiger partial charge in [-0.1, -0.05) is 12.1 Å². The summed E-state index contributed by atoms with van der Waals surface area (Å²) in [6.07, 6.45) is 1.91. The molecule has 0 saturated carbocycles. The maximum Gasteiger partial charge on any atom is 0.230 e. The van der Waals surface area contributed by atoms with E-state index in [0.717, 1.165) is 33.4 Å². The first-order chi connectivity index (χ1) is 10.0. The van der Waals surface area contributed by atoms with Crippen molar-refractivity contribution in [2.45, 2.75) is 27.2 Å². The van der Waals surface area contributed by atoms with Crippen molar-refractivity contribution >= 4 is 22.7 Å². The van der Waals surface area contributed by atoms with Crippen LogP contribution in [0.5, 0.6) is 0 Å². The Labute approximate surface area is 122 Å². The number of anilines is 1. The summed E-state index contributed by atoms with van der Waals surface area (Å²) >= 11 is 0. The number of nitrogens with one attached hydrogen (secondary N) is 2. The van der Waals surface area contributed by atoms with E-state index in [1.807, 2.05) is 39.0 Å². The monoisotopic (exact) mass is 283 g/mol. The van der Waals surface area contributed by atoms with E-state index < -0.39 is 0 Å². The predicted octanol–water partition coefficient (Wildman–Crippen LogP) is 3.26. The molecule has 2 heterocycles. The third-order valence-corrected chi connectivity index (χ3v) is 3.67. The van der Waals surface area contributed by atoms with Gasteiger partial charge < -0.3 is 9.73 Å². The smallest absolute Gasteiger partial charge is 0.230 e. The Hall–Kier alpha value is -2.56. The number of amides is 1. The van der Waals surface area contributed by atoms with Crippen LogP contribution in [-0.2, 0) is 11.2 Å². The van der Waals surface area contributed by atoms with E-state index in [9.17, 15) is 4.79 Å². The average Bonchev–Trinajstić information content (AvgIpc) is 2.97. The van der Waals surface area contributed by atoms with Crippen LogP contribution in [0.2, 0.25) is 0 Å². The molecule has 2 N–H and O–H groups in total. The second-order valence-electron chi connectivity index (χ2n) is 5.31. The highest BCUT2D eigenvalue weighted by molar-refractivity contribution is 5.95. The summed E-state index contributed by atoms with van der Waals surface area (Å²) < 4.78 is 5.51. The maximum atomic E-state index is 12.1. The molecule has 5 nitrogen and oxygen atoms in total. The minimum absolute atomic E-state index is 0.104. The van der Waals surface area contributed by atoms with E-state index in [2.05, 4.69) is 15.5 Å². The van der Waals surface area contributed by atoms with Gasteiger partial charge in [0.05, 0.1) is 12.7 Å². The van der Waals surface area contributed by atoms with Crippen LogP contribution in [-0.4, -0.2) is 16.1 Å². The van der Waals surface area contributed by atoms with Crippen molar-refractivity contribution in [3.63, 3.8) is 0 Å². The molecule has 5 heteroatoms. The van der Waals surface area contributed by atoms with Gasteiger partial charge in [0.2, 0.25) is 5.91 Å². The SMILES string of the molecule is Cc1ccc2c(CC(=O)Nc3n[nH]c(C)c3C)coc2c1. The summed E-state index contributed by atoms with van der Waals surface area (Å²) in [5.41, 5.74) is 4.73. The van der Waals surface area contributed by atoms with Crippen molar-refractivity contribution < 1.29 is 9.21 Å². The number of aromatic amines is 1. The lowest BCUT2D eigenvalue weighted by molar-refractivity contribution is -0.115. The lowest BCUT2D eigenvalue weighted by Gasteiger charge is -2.02. The fraction of sp³-hybridized carbons (Fsp3) is 0.250. The van der Waals surface area contributed by atoms with Crippen molar-refractivity contribution in [3.8, 4) is 0 Å². The second kappa shape index (κ2) is 5.09. The summed E-state index contributed by atoms with van der Waals surface area (Å²) in [6.45, 7) is 5.85. The number of carbonyl (C=O) groups excluding carboxylic acids is 1. The maximum absolute atomic E-state index is 12.1. The van der Waals surface area contributed by atoms with Gasteiger partial charge in [0, 0.05) is 22.2 Å². The lowest BCUT2D eigenvalue weighted by Crippen LogP contribution is -2.15. The Bertz CT molecular complexity index is 814. The highest BCUT2D eigenvalue weighted by Gasteiger charge is 2.13. The normalized spacial score (nSPS) is 11.0. The summed E-state index contributed by atoms with van der Waals surface area (Å²) in [5.74, 6) is 0.481. The number of aryl methyl sites for hydroxylation is 2. The quantitative estimate of drug-likeness (QED) is 0.775. The number of nitrogens with zero attached hydrogens (tertiary/aromatic N) is 1. The molecule has 0 spiro atoms. The van der Waals surface area contributed by atoms with Crippen LogP contribution in [0, 0.1) is 20.8 Å². The molecular formula is C16H17N3O2. The molecule has 0 saturated heterocycles. The highest BCUT2D eigenvalue weighted by Crippen LogP contribution is 2.23. The molecule has 3 rings (SSSR count). The van der Waals surface area contributed by atoms with Gasteiger partial charge in [0.25, 0.3) is 0 Å². The van der Waals surface area contributed by atoms with Crippen LogP contribution in [0.25, 0.3) is 11.0 Å². The van der Waals surface area contributed by atoms with Crippen LogP contribution in [0.3, 0.4) is 0 Å². The van der Waals surface area contributed by atoms with E-state index in [4.69, 9.17) is 4.42 Å². The number of carbonyl (C=O) groups is 1. The van der Waals surface area contributed by atoms with Crippen molar-refractivity contribution in [3.05, 3.63) is 46.8 Å². The number of benzene rings is 1. The van der Waals surface area contributed by atoms with Crippen LogP contribution >= 0.6 is 0 Å². The minimum Gasteiger partial charge on any atom is -0.464 e. The summed E-state index contributed by atoms with van der Waals surface area (Å²) in [7, 11) is 0. The molecule has 2 aromatic heterocycles. The van der Waals surface area contributed by atoms with Crippen molar-refractivity contribution in [2.75, 3.05) is 5.32 Å². The molecule has 0 aliphatic carbocycles. The fourth-order valence-corrected chi connectivity index (χ4v) is 2.28. The zero-order valence-electron chi connectivity index (χ0n) is 12.3. The Kier molecular flexibility index (Phi) is 3.25. The van der Waals surface area contributed by atoms with E-state index in [-0.39, 0.29) is 12.3 Å². The van der Waals surface area contributed by atoms with Gasteiger partial charge in [-0.3, -0.25) is 9.89 Å². The first-order valence-corrected chi connectivity index (χ1v) is 6.82. The molecule has 0 bridgehead atoms. The molecule has 0 fully saturated rings. The van der Waals surface area contributed by atoms with Crippen LogP contribution < -0.4 is 5.32 Å². The molecule has 1 amide bonds. The largest absolute Gasteiger partial charge is 0.464 e. The van der Waals surface area contributed by atoms with Gasteiger partial charge in [-0.05, 0) is 32.4 Å². The van der Waals surface area contributed by atoms with Crippen LogP contribution in [0.4, 0.5) is 5.82 Å². The third-order valence-electron chi connectivity index (χ3n) is 3.67. The third kappa shape index (κ3) is 2.54. The van der Waals surface area contributed by atoms with Crippen molar-refractivity contribution in [2.24, 2.45) is 0 Å². The van der Waals surface area contributed by atoms with E-state index in [1.54, 1.807) is 6.26 Å². The highest BCUT2D eigenvalue weighted by atomic mass is 16.3. The topological polar surface area (TPSA) is 70.9 Å². The number of aromatic nitrogens is 2. The van der Waals surface area contributed by atoms with E-state index in [1.165, 1.54) is 0 Å². The average molecular weight is 283 g/mol. The Morgan fingerprint density at radius 3 is 2.86 bits per heavy atom.